The van der Waals surface area contributed by atoms with E-state index in [1.54, 1.807) is 14.0 Å². The van der Waals surface area contributed by atoms with E-state index >= 15 is 0 Å². The average Bonchev–Trinajstić information content (AvgIpc) is 2.59. The van der Waals surface area contributed by atoms with Gasteiger partial charge in [0, 0.05) is 25.1 Å². The van der Waals surface area contributed by atoms with Crippen LogP contribution < -0.4 is 0 Å². The number of aryl methyl sites for hydroxylation is 2. The molecule has 1 heterocycles. The second kappa shape index (κ2) is 6.07. The van der Waals surface area contributed by atoms with Crippen LogP contribution in [0.2, 0.25) is 0 Å². The third kappa shape index (κ3) is 3.48. The van der Waals surface area contributed by atoms with Crippen molar-refractivity contribution >= 4 is 26.0 Å². The van der Waals surface area contributed by atoms with Gasteiger partial charge in [0.15, 0.2) is 5.03 Å². The van der Waals surface area contributed by atoms with Crippen molar-refractivity contribution in [1.29, 1.82) is 0 Å². The highest BCUT2D eigenvalue weighted by Gasteiger charge is 2.29. The van der Waals surface area contributed by atoms with Crippen LogP contribution in [0.1, 0.15) is 5.82 Å². The van der Waals surface area contributed by atoms with Crippen LogP contribution in [0, 0.1) is 6.92 Å². The zero-order valence-corrected chi connectivity index (χ0v) is 12.4. The Bertz CT molecular complexity index is 484. The number of aromatic nitrogens is 2. The van der Waals surface area contributed by atoms with Crippen LogP contribution in [-0.2, 0) is 17.1 Å². The van der Waals surface area contributed by atoms with Crippen molar-refractivity contribution < 1.29 is 17.2 Å². The van der Waals surface area contributed by atoms with E-state index in [-0.39, 0.29) is 16.9 Å². The fraction of sp³-hybridized carbons (Fsp3) is 0.667. The van der Waals surface area contributed by atoms with Gasteiger partial charge in [-0.2, -0.15) is 4.31 Å². The molecule has 0 spiro atoms. The number of sulfonamides is 1. The molecule has 0 radical (unpaired) electrons. The molecule has 0 N–H and O–H groups in total. The summed E-state index contributed by atoms with van der Waals surface area (Å²) in [5.41, 5.74) is 0. The van der Waals surface area contributed by atoms with E-state index in [2.05, 4.69) is 20.9 Å². The zero-order valence-electron chi connectivity index (χ0n) is 9.98. The van der Waals surface area contributed by atoms with Gasteiger partial charge in [-0.15, -0.1) is 0 Å². The summed E-state index contributed by atoms with van der Waals surface area (Å²) in [6.45, 7) is 0.785. The predicted molar refractivity (Wildman–Crippen MR) is 66.5 cm³/mol. The number of halogens is 3. The van der Waals surface area contributed by atoms with Crippen LogP contribution in [0.25, 0.3) is 0 Å². The Morgan fingerprint density at radius 2 is 2.17 bits per heavy atom. The van der Waals surface area contributed by atoms with Crippen molar-refractivity contribution in [2.45, 2.75) is 18.4 Å². The first-order valence-corrected chi connectivity index (χ1v) is 7.69. The van der Waals surface area contributed by atoms with Gasteiger partial charge in [-0.1, -0.05) is 15.9 Å². The molecule has 0 saturated heterocycles. The Balaban J connectivity index is 3.08. The second-order valence-corrected chi connectivity index (χ2v) is 6.36. The van der Waals surface area contributed by atoms with Crippen LogP contribution in [0.4, 0.5) is 8.78 Å². The van der Waals surface area contributed by atoms with E-state index in [4.69, 9.17) is 0 Å². The predicted octanol–water partition coefficient (Wildman–Crippen LogP) is 1.38. The largest absolute Gasteiger partial charge is 0.337 e. The first-order chi connectivity index (χ1) is 8.28. The summed E-state index contributed by atoms with van der Waals surface area (Å²) in [6.07, 6.45) is -1.40. The quantitative estimate of drug-likeness (QED) is 0.732. The molecule has 0 aliphatic heterocycles. The highest BCUT2D eigenvalue weighted by molar-refractivity contribution is 9.09. The topological polar surface area (TPSA) is 55.2 Å². The zero-order chi connectivity index (χ0) is 13.9. The molecular weight excluding hydrogens is 332 g/mol. The van der Waals surface area contributed by atoms with Gasteiger partial charge < -0.3 is 4.57 Å². The Morgan fingerprint density at radius 3 is 2.56 bits per heavy atom. The van der Waals surface area contributed by atoms with Crippen molar-refractivity contribution in [2.75, 3.05) is 18.4 Å². The van der Waals surface area contributed by atoms with Gasteiger partial charge in [0.2, 0.25) is 0 Å². The minimum atomic E-state index is -3.97. The normalized spacial score (nSPS) is 12.6. The maximum atomic E-state index is 12.4. The molecule has 0 aromatic carbocycles. The van der Waals surface area contributed by atoms with Gasteiger partial charge >= 0.3 is 0 Å². The third-order valence-corrected chi connectivity index (χ3v) is 4.46. The van der Waals surface area contributed by atoms with Crippen LogP contribution in [0.5, 0.6) is 0 Å². The van der Waals surface area contributed by atoms with Crippen LogP contribution in [0.15, 0.2) is 11.2 Å². The van der Waals surface area contributed by atoms with Crippen molar-refractivity contribution in [2.24, 2.45) is 7.05 Å². The summed E-state index contributed by atoms with van der Waals surface area (Å²) in [5, 5.41) is 0.0780. The van der Waals surface area contributed by atoms with E-state index in [0.717, 1.165) is 4.31 Å². The monoisotopic (exact) mass is 345 g/mol. The lowest BCUT2D eigenvalue weighted by Gasteiger charge is -2.19. The summed E-state index contributed by atoms with van der Waals surface area (Å²) in [7, 11) is -2.33. The number of alkyl halides is 3. The highest BCUT2D eigenvalue weighted by atomic mass is 79.9. The Hall–Kier alpha value is -0.540. The van der Waals surface area contributed by atoms with Gasteiger partial charge in [0.05, 0.1) is 6.54 Å². The second-order valence-electron chi connectivity index (χ2n) is 3.68. The van der Waals surface area contributed by atoms with Crippen molar-refractivity contribution in [3.63, 3.8) is 0 Å². The number of nitrogens with zero attached hydrogens (tertiary/aromatic N) is 3. The molecule has 0 unspecified atom stereocenters. The molecule has 0 bridgehead atoms. The molecule has 0 aliphatic rings. The van der Waals surface area contributed by atoms with Gasteiger partial charge in [-0.25, -0.2) is 22.2 Å². The lowest BCUT2D eigenvalue weighted by molar-refractivity contribution is 0.121. The SMILES string of the molecule is Cc1nc(S(=O)(=O)N(CCBr)CC(F)F)cn1C. The number of imidazole rings is 1. The fourth-order valence-electron chi connectivity index (χ4n) is 1.34. The Labute approximate surface area is 113 Å². The average molecular weight is 346 g/mol. The highest BCUT2D eigenvalue weighted by Crippen LogP contribution is 2.16. The molecule has 0 atom stereocenters. The Morgan fingerprint density at radius 1 is 1.56 bits per heavy atom. The molecule has 0 amide bonds. The summed E-state index contributed by atoms with van der Waals surface area (Å²) >= 11 is 3.05. The molecule has 5 nitrogen and oxygen atoms in total. The number of hydrogen-bond donors (Lipinski definition) is 0. The summed E-state index contributed by atoms with van der Waals surface area (Å²) < 4.78 is 51.3. The van der Waals surface area contributed by atoms with Gasteiger partial charge in [-0.05, 0) is 6.92 Å². The lowest BCUT2D eigenvalue weighted by Crippen LogP contribution is -2.36. The molecular formula is C9H14BrF2N3O2S. The molecule has 0 saturated carbocycles. The standard InChI is InChI=1S/C9H14BrF2N3O2S/c1-7-13-9(6-14(7)2)18(16,17)15(4-3-10)5-8(11)12/h6,8H,3-5H2,1-2H3. The summed E-state index contributed by atoms with van der Waals surface area (Å²) in [5.74, 6) is 0.504. The van der Waals surface area contributed by atoms with Crippen molar-refractivity contribution in [3.05, 3.63) is 12.0 Å². The van der Waals surface area contributed by atoms with Gasteiger partial charge in [0.25, 0.3) is 16.4 Å². The maximum absolute atomic E-state index is 12.4. The fourth-order valence-corrected chi connectivity index (χ4v) is 3.45. The van der Waals surface area contributed by atoms with Gasteiger partial charge in [-0.3, -0.25) is 0 Å². The molecule has 0 fully saturated rings. The molecule has 1 aromatic heterocycles. The summed E-state index contributed by atoms with van der Waals surface area (Å²) in [4.78, 5) is 3.87. The molecule has 18 heavy (non-hydrogen) atoms. The minimum Gasteiger partial charge on any atom is -0.337 e. The van der Waals surface area contributed by atoms with Crippen LogP contribution >= 0.6 is 15.9 Å². The Kier molecular flexibility index (Phi) is 5.23. The maximum Gasteiger partial charge on any atom is 0.262 e. The molecule has 9 heteroatoms. The third-order valence-electron chi connectivity index (χ3n) is 2.37. The summed E-state index contributed by atoms with van der Waals surface area (Å²) in [6, 6.07) is 0. The molecule has 104 valence electrons. The molecule has 1 aromatic rings. The first kappa shape index (κ1) is 15.5. The van der Waals surface area contributed by atoms with E-state index in [1.807, 2.05) is 0 Å². The van der Waals surface area contributed by atoms with Crippen molar-refractivity contribution in [1.82, 2.24) is 13.9 Å². The van der Waals surface area contributed by atoms with Gasteiger partial charge in [0.1, 0.15) is 5.82 Å². The van der Waals surface area contributed by atoms with E-state index in [9.17, 15) is 17.2 Å². The van der Waals surface area contributed by atoms with E-state index < -0.39 is 23.0 Å². The van der Waals surface area contributed by atoms with Crippen molar-refractivity contribution in [3.8, 4) is 0 Å². The first-order valence-electron chi connectivity index (χ1n) is 5.13. The molecule has 0 aliphatic carbocycles. The van der Waals surface area contributed by atoms with E-state index in [0.29, 0.717) is 5.82 Å². The molecule has 1 rings (SSSR count). The van der Waals surface area contributed by atoms with E-state index in [1.165, 1.54) is 10.8 Å². The van der Waals surface area contributed by atoms with Crippen LogP contribution in [0.3, 0.4) is 0 Å². The lowest BCUT2D eigenvalue weighted by atomic mass is 10.6. The number of rotatable bonds is 6. The van der Waals surface area contributed by atoms with Crippen LogP contribution in [-0.4, -0.2) is 47.1 Å². The minimum absolute atomic E-state index is 0.0255. The smallest absolute Gasteiger partial charge is 0.262 e. The number of hydrogen-bond acceptors (Lipinski definition) is 3.